The molecule has 0 fully saturated rings. The maximum Gasteiger partial charge on any atom is 0.282 e. The highest BCUT2D eigenvalue weighted by Gasteiger charge is 2.40. The molecule has 3 aromatic rings. The van der Waals surface area contributed by atoms with Crippen LogP contribution in [0.25, 0.3) is 5.57 Å². The molecule has 1 N–H and O–H groups in total. The van der Waals surface area contributed by atoms with Crippen molar-refractivity contribution in [3.63, 3.8) is 0 Å². The fourth-order valence-corrected chi connectivity index (χ4v) is 3.64. The van der Waals surface area contributed by atoms with E-state index in [9.17, 15) is 9.59 Å². The highest BCUT2D eigenvalue weighted by atomic mass is 35.5. The van der Waals surface area contributed by atoms with Crippen LogP contribution in [0.1, 0.15) is 16.7 Å². The van der Waals surface area contributed by atoms with Gasteiger partial charge in [-0.2, -0.15) is 0 Å². The van der Waals surface area contributed by atoms with Crippen LogP contribution in [0.5, 0.6) is 5.75 Å². The van der Waals surface area contributed by atoms with Gasteiger partial charge in [0.15, 0.2) is 0 Å². The number of anilines is 2. The number of hydrogen-bond acceptors (Lipinski definition) is 4. The number of aryl methyl sites for hydroxylation is 2. The first-order valence-corrected chi connectivity index (χ1v) is 10.1. The van der Waals surface area contributed by atoms with Gasteiger partial charge in [-0.3, -0.25) is 9.59 Å². The van der Waals surface area contributed by atoms with Crippen molar-refractivity contribution in [2.75, 3.05) is 17.3 Å². The normalized spacial score (nSPS) is 13.7. The Kier molecular flexibility index (Phi) is 5.53. The number of amides is 2. The third-order valence-electron chi connectivity index (χ3n) is 5.12. The lowest BCUT2D eigenvalue weighted by Gasteiger charge is -2.16. The molecule has 2 amide bonds. The first kappa shape index (κ1) is 20.7. The largest absolute Gasteiger partial charge is 0.495 e. The first-order chi connectivity index (χ1) is 14.9. The molecule has 5 nitrogen and oxygen atoms in total. The van der Waals surface area contributed by atoms with Crippen molar-refractivity contribution in [1.29, 1.82) is 0 Å². The molecule has 31 heavy (non-hydrogen) atoms. The molecule has 3 aromatic carbocycles. The standard InChI is InChI=1S/C25H21ClN2O3/c1-15-4-7-17(8-5-15)22-23(27-20-14-16(2)6-13-21(20)31-3)25(30)28(24(22)29)19-11-9-18(26)10-12-19/h4-14,27H,1-3H3. The Morgan fingerprint density at radius 2 is 1.48 bits per heavy atom. The minimum atomic E-state index is -0.438. The fraction of sp³-hybridized carbons (Fsp3) is 0.120. The number of methoxy groups -OCH3 is 1. The van der Waals surface area contributed by atoms with E-state index in [1.165, 1.54) is 0 Å². The number of carbonyl (C=O) groups excluding carboxylic acids is 2. The number of nitrogens with one attached hydrogen (secondary N) is 1. The quantitative estimate of drug-likeness (QED) is 0.551. The zero-order valence-corrected chi connectivity index (χ0v) is 18.2. The van der Waals surface area contributed by atoms with Gasteiger partial charge in [0.25, 0.3) is 11.8 Å². The molecule has 1 aliphatic heterocycles. The van der Waals surface area contributed by atoms with Crippen LogP contribution in [0.3, 0.4) is 0 Å². The van der Waals surface area contributed by atoms with Crippen LogP contribution in [-0.2, 0) is 9.59 Å². The minimum Gasteiger partial charge on any atom is -0.495 e. The van der Waals surface area contributed by atoms with Crippen LogP contribution < -0.4 is 15.0 Å². The summed E-state index contributed by atoms with van der Waals surface area (Å²) in [5.74, 6) is -0.261. The predicted octanol–water partition coefficient (Wildman–Crippen LogP) is 5.36. The van der Waals surface area contributed by atoms with E-state index < -0.39 is 11.8 Å². The lowest BCUT2D eigenvalue weighted by molar-refractivity contribution is -0.120. The topological polar surface area (TPSA) is 58.6 Å². The molecule has 0 unspecified atom stereocenters. The number of ether oxygens (including phenoxy) is 1. The van der Waals surface area contributed by atoms with Gasteiger partial charge in [0.05, 0.1) is 24.1 Å². The summed E-state index contributed by atoms with van der Waals surface area (Å²) >= 11 is 5.99. The molecule has 0 atom stereocenters. The van der Waals surface area contributed by atoms with Gasteiger partial charge in [-0.15, -0.1) is 0 Å². The van der Waals surface area contributed by atoms with E-state index >= 15 is 0 Å². The molecular weight excluding hydrogens is 412 g/mol. The Bertz CT molecular complexity index is 1200. The maximum atomic E-state index is 13.5. The highest BCUT2D eigenvalue weighted by Crippen LogP contribution is 2.36. The Hall–Kier alpha value is -3.57. The molecule has 6 heteroatoms. The Labute approximate surface area is 185 Å². The number of imide groups is 1. The van der Waals surface area contributed by atoms with E-state index in [1.54, 1.807) is 31.4 Å². The summed E-state index contributed by atoms with van der Waals surface area (Å²) in [6.07, 6.45) is 0. The number of hydrogen-bond donors (Lipinski definition) is 1. The predicted molar refractivity (Wildman–Crippen MR) is 123 cm³/mol. The monoisotopic (exact) mass is 432 g/mol. The van der Waals surface area contributed by atoms with Crippen molar-refractivity contribution in [2.24, 2.45) is 0 Å². The summed E-state index contributed by atoms with van der Waals surface area (Å²) in [4.78, 5) is 28.1. The average molecular weight is 433 g/mol. The fourth-order valence-electron chi connectivity index (χ4n) is 3.51. The van der Waals surface area contributed by atoms with Gasteiger partial charge in [-0.05, 0) is 61.4 Å². The Morgan fingerprint density at radius 3 is 2.13 bits per heavy atom. The van der Waals surface area contributed by atoms with Crippen molar-refractivity contribution in [2.45, 2.75) is 13.8 Å². The van der Waals surface area contributed by atoms with Gasteiger partial charge in [0.2, 0.25) is 0 Å². The van der Waals surface area contributed by atoms with Gasteiger partial charge < -0.3 is 10.1 Å². The molecular formula is C25H21ClN2O3. The van der Waals surface area contributed by atoms with Gasteiger partial charge in [0.1, 0.15) is 11.4 Å². The number of nitrogens with zero attached hydrogens (tertiary/aromatic N) is 1. The lowest BCUT2D eigenvalue weighted by atomic mass is 10.0. The van der Waals surface area contributed by atoms with Crippen LogP contribution in [0, 0.1) is 13.8 Å². The number of rotatable bonds is 5. The average Bonchev–Trinajstić information content (AvgIpc) is 2.99. The zero-order valence-electron chi connectivity index (χ0n) is 17.4. The van der Waals surface area contributed by atoms with Crippen LogP contribution >= 0.6 is 11.6 Å². The summed E-state index contributed by atoms with van der Waals surface area (Å²) in [5, 5.41) is 3.70. The van der Waals surface area contributed by atoms with Crippen molar-refractivity contribution < 1.29 is 14.3 Å². The Balaban J connectivity index is 1.85. The van der Waals surface area contributed by atoms with E-state index in [4.69, 9.17) is 16.3 Å². The molecule has 156 valence electrons. The second-order valence-corrected chi connectivity index (χ2v) is 7.80. The van der Waals surface area contributed by atoms with E-state index in [1.807, 2.05) is 56.3 Å². The van der Waals surface area contributed by atoms with E-state index in [2.05, 4.69) is 5.32 Å². The Morgan fingerprint density at radius 1 is 0.839 bits per heavy atom. The van der Waals surface area contributed by atoms with Crippen LogP contribution in [0.4, 0.5) is 11.4 Å². The SMILES string of the molecule is COc1ccc(C)cc1NC1=C(c2ccc(C)cc2)C(=O)N(c2ccc(Cl)cc2)C1=O. The minimum absolute atomic E-state index is 0.202. The second kappa shape index (κ2) is 8.28. The summed E-state index contributed by atoms with van der Waals surface area (Å²) in [6.45, 7) is 3.91. The lowest BCUT2D eigenvalue weighted by Crippen LogP contribution is -2.32. The van der Waals surface area contributed by atoms with Crippen molar-refractivity contribution in [3.05, 3.63) is 94.1 Å². The van der Waals surface area contributed by atoms with Gasteiger partial charge in [0, 0.05) is 5.02 Å². The maximum absolute atomic E-state index is 13.5. The molecule has 1 aliphatic rings. The van der Waals surface area contributed by atoms with Crippen LogP contribution in [-0.4, -0.2) is 18.9 Å². The van der Waals surface area contributed by atoms with E-state index in [-0.39, 0.29) is 5.70 Å². The first-order valence-electron chi connectivity index (χ1n) is 9.76. The number of carbonyl (C=O) groups is 2. The van der Waals surface area contributed by atoms with Crippen molar-refractivity contribution >= 4 is 40.4 Å². The molecule has 0 aliphatic carbocycles. The van der Waals surface area contributed by atoms with E-state index in [0.29, 0.717) is 33.3 Å². The van der Waals surface area contributed by atoms with Gasteiger partial charge in [-0.25, -0.2) is 4.90 Å². The molecule has 0 radical (unpaired) electrons. The number of halogens is 1. The number of benzene rings is 3. The van der Waals surface area contributed by atoms with Gasteiger partial charge in [-0.1, -0.05) is 47.5 Å². The summed E-state index contributed by atoms with van der Waals surface area (Å²) in [7, 11) is 1.56. The van der Waals surface area contributed by atoms with Gasteiger partial charge >= 0.3 is 0 Å². The smallest absolute Gasteiger partial charge is 0.282 e. The molecule has 4 rings (SSSR count). The molecule has 0 saturated heterocycles. The molecule has 1 heterocycles. The molecule has 0 spiro atoms. The van der Waals surface area contributed by atoms with E-state index in [0.717, 1.165) is 16.0 Å². The van der Waals surface area contributed by atoms with Crippen molar-refractivity contribution in [3.8, 4) is 5.75 Å². The third-order valence-corrected chi connectivity index (χ3v) is 5.38. The highest BCUT2D eigenvalue weighted by molar-refractivity contribution is 6.46. The second-order valence-electron chi connectivity index (χ2n) is 7.37. The zero-order chi connectivity index (χ0) is 22.1. The molecule has 0 bridgehead atoms. The molecule has 0 saturated carbocycles. The van der Waals surface area contributed by atoms with Crippen LogP contribution in [0.2, 0.25) is 5.02 Å². The molecule has 0 aromatic heterocycles. The van der Waals surface area contributed by atoms with Crippen LogP contribution in [0.15, 0.2) is 72.4 Å². The summed E-state index contributed by atoms with van der Waals surface area (Å²) in [6, 6.07) is 19.7. The summed E-state index contributed by atoms with van der Waals surface area (Å²) in [5.41, 5.74) is 4.29. The van der Waals surface area contributed by atoms with Crippen molar-refractivity contribution in [1.82, 2.24) is 0 Å². The third kappa shape index (κ3) is 3.92. The summed E-state index contributed by atoms with van der Waals surface area (Å²) < 4.78 is 5.44.